The molecule has 166 valence electrons. The summed E-state index contributed by atoms with van der Waals surface area (Å²) in [6.07, 6.45) is 0. The van der Waals surface area contributed by atoms with Crippen LogP contribution >= 0.6 is 0 Å². The van der Waals surface area contributed by atoms with E-state index in [1.54, 1.807) is 24.3 Å². The highest BCUT2D eigenvalue weighted by Gasteiger charge is 2.22. The maximum Gasteiger partial charge on any atom is 0.330 e. The molecule has 3 aromatic carbocycles. The summed E-state index contributed by atoms with van der Waals surface area (Å²) in [4.78, 5) is 41.4. The molecule has 1 heterocycles. The molecular weight excluding hydrogens is 420 g/mol. The molecule has 0 unspecified atom stereocenters. The Labute approximate surface area is 189 Å². The number of ether oxygens (including phenoxy) is 1. The van der Waals surface area contributed by atoms with Gasteiger partial charge in [-0.1, -0.05) is 48.5 Å². The van der Waals surface area contributed by atoms with Crippen molar-refractivity contribution >= 4 is 17.4 Å². The first kappa shape index (κ1) is 21.6. The Kier molecular flexibility index (Phi) is 6.08. The summed E-state index contributed by atoms with van der Waals surface area (Å²) in [6, 6.07) is 25.0. The number of amides is 1. The van der Waals surface area contributed by atoms with Gasteiger partial charge in [0, 0.05) is 12.6 Å². The van der Waals surface area contributed by atoms with E-state index in [2.05, 4.69) is 4.98 Å². The zero-order chi connectivity index (χ0) is 23.4. The number of aromatic amines is 1. The number of rotatable bonds is 6. The van der Waals surface area contributed by atoms with Crippen molar-refractivity contribution in [2.75, 3.05) is 17.7 Å². The monoisotopic (exact) mass is 442 g/mol. The van der Waals surface area contributed by atoms with Crippen molar-refractivity contribution < 1.29 is 9.53 Å². The van der Waals surface area contributed by atoms with Crippen molar-refractivity contribution in [3.05, 3.63) is 117 Å². The average molecular weight is 442 g/mol. The lowest BCUT2D eigenvalue weighted by Gasteiger charge is -2.20. The smallest absolute Gasteiger partial charge is 0.330 e. The second-order valence-corrected chi connectivity index (χ2v) is 7.37. The first-order chi connectivity index (χ1) is 15.9. The van der Waals surface area contributed by atoms with Crippen molar-refractivity contribution in [1.29, 1.82) is 0 Å². The van der Waals surface area contributed by atoms with Crippen LogP contribution in [0, 0.1) is 0 Å². The predicted molar refractivity (Wildman–Crippen MR) is 127 cm³/mol. The topological polar surface area (TPSA) is 110 Å². The molecule has 8 nitrogen and oxygen atoms in total. The number of carbonyl (C=O) groups is 1. The van der Waals surface area contributed by atoms with E-state index in [0.717, 1.165) is 10.5 Å². The Morgan fingerprint density at radius 3 is 2.12 bits per heavy atom. The number of nitrogens with one attached hydrogen (secondary N) is 1. The van der Waals surface area contributed by atoms with Crippen LogP contribution in [0.1, 0.15) is 15.9 Å². The van der Waals surface area contributed by atoms with Gasteiger partial charge in [-0.3, -0.25) is 19.1 Å². The molecule has 0 atom stereocenters. The maximum atomic E-state index is 13.1. The van der Waals surface area contributed by atoms with Gasteiger partial charge in [-0.2, -0.15) is 0 Å². The number of H-pyrrole nitrogens is 1. The van der Waals surface area contributed by atoms with E-state index in [1.807, 2.05) is 60.7 Å². The lowest BCUT2D eigenvalue weighted by atomic mass is 10.2. The third-order valence-electron chi connectivity index (χ3n) is 5.12. The van der Waals surface area contributed by atoms with Crippen molar-refractivity contribution in [3.8, 4) is 11.5 Å². The van der Waals surface area contributed by atoms with E-state index in [4.69, 9.17) is 10.5 Å². The molecule has 8 heteroatoms. The van der Waals surface area contributed by atoms with E-state index in [0.29, 0.717) is 17.1 Å². The van der Waals surface area contributed by atoms with Crippen LogP contribution in [0.4, 0.5) is 11.5 Å². The van der Waals surface area contributed by atoms with Gasteiger partial charge in [0.05, 0.1) is 6.54 Å². The number of benzene rings is 3. The first-order valence-electron chi connectivity index (χ1n) is 10.2. The van der Waals surface area contributed by atoms with E-state index in [9.17, 15) is 14.4 Å². The Morgan fingerprint density at radius 2 is 1.48 bits per heavy atom. The molecule has 4 rings (SSSR count). The van der Waals surface area contributed by atoms with Gasteiger partial charge in [-0.15, -0.1) is 0 Å². The Hall–Kier alpha value is -4.59. The van der Waals surface area contributed by atoms with Gasteiger partial charge in [0.2, 0.25) is 0 Å². The lowest BCUT2D eigenvalue weighted by Crippen LogP contribution is -2.39. The van der Waals surface area contributed by atoms with Gasteiger partial charge in [-0.05, 0) is 42.0 Å². The van der Waals surface area contributed by atoms with Crippen LogP contribution in [0.15, 0.2) is 94.5 Å². The van der Waals surface area contributed by atoms with Crippen LogP contribution in [0.25, 0.3) is 0 Å². The molecule has 0 spiro atoms. The van der Waals surface area contributed by atoms with Crippen LogP contribution in [-0.4, -0.2) is 22.5 Å². The van der Waals surface area contributed by atoms with Crippen LogP contribution in [0.5, 0.6) is 11.5 Å². The van der Waals surface area contributed by atoms with Crippen molar-refractivity contribution in [2.24, 2.45) is 0 Å². The van der Waals surface area contributed by atoms with Crippen molar-refractivity contribution in [1.82, 2.24) is 9.55 Å². The highest BCUT2D eigenvalue weighted by molar-refractivity contribution is 6.06. The van der Waals surface area contributed by atoms with E-state index >= 15 is 0 Å². The van der Waals surface area contributed by atoms with Crippen molar-refractivity contribution in [2.45, 2.75) is 6.54 Å². The van der Waals surface area contributed by atoms with Gasteiger partial charge in [-0.25, -0.2) is 4.79 Å². The van der Waals surface area contributed by atoms with Crippen LogP contribution in [-0.2, 0) is 6.54 Å². The minimum Gasteiger partial charge on any atom is -0.457 e. The van der Waals surface area contributed by atoms with Gasteiger partial charge < -0.3 is 15.4 Å². The van der Waals surface area contributed by atoms with E-state index in [1.165, 1.54) is 11.6 Å². The zero-order valence-corrected chi connectivity index (χ0v) is 17.9. The Bertz CT molecular complexity index is 1380. The quantitative estimate of drug-likeness (QED) is 0.476. The second kappa shape index (κ2) is 9.27. The summed E-state index contributed by atoms with van der Waals surface area (Å²) < 4.78 is 6.97. The molecule has 0 aliphatic heterocycles. The summed E-state index contributed by atoms with van der Waals surface area (Å²) in [5.41, 5.74) is 5.87. The number of nitrogens with zero attached hydrogens (tertiary/aromatic N) is 2. The van der Waals surface area contributed by atoms with Crippen LogP contribution < -0.4 is 26.6 Å². The third kappa shape index (κ3) is 4.69. The molecule has 0 saturated heterocycles. The molecule has 33 heavy (non-hydrogen) atoms. The fourth-order valence-electron chi connectivity index (χ4n) is 3.41. The fraction of sp³-hybridized carbons (Fsp3) is 0.0800. The molecule has 0 aliphatic carbocycles. The molecule has 1 amide bonds. The Morgan fingerprint density at radius 1 is 0.909 bits per heavy atom. The van der Waals surface area contributed by atoms with Gasteiger partial charge in [0.15, 0.2) is 5.69 Å². The lowest BCUT2D eigenvalue weighted by molar-refractivity contribution is 0.0992. The molecular formula is C25H22N4O4. The largest absolute Gasteiger partial charge is 0.457 e. The van der Waals surface area contributed by atoms with Crippen LogP contribution in [0.3, 0.4) is 0 Å². The molecule has 0 fully saturated rings. The fourth-order valence-corrected chi connectivity index (χ4v) is 3.41. The van der Waals surface area contributed by atoms with Gasteiger partial charge in [0.25, 0.3) is 11.5 Å². The highest BCUT2D eigenvalue weighted by Crippen LogP contribution is 2.23. The Balaban J connectivity index is 1.60. The van der Waals surface area contributed by atoms with Crippen LogP contribution in [0.2, 0.25) is 0 Å². The number of anilines is 2. The molecule has 1 aromatic heterocycles. The number of carbonyl (C=O) groups excluding carboxylic acids is 1. The number of nitrogens with two attached hydrogens (primary N) is 1. The molecule has 0 saturated carbocycles. The predicted octanol–water partition coefficient (Wildman–Crippen LogP) is 3.24. The summed E-state index contributed by atoms with van der Waals surface area (Å²) in [5.74, 6) is 0.693. The van der Waals surface area contributed by atoms with Crippen molar-refractivity contribution in [3.63, 3.8) is 0 Å². The second-order valence-electron chi connectivity index (χ2n) is 7.37. The molecule has 4 aromatic rings. The number of aromatic nitrogens is 2. The molecule has 0 bridgehead atoms. The van der Waals surface area contributed by atoms with Gasteiger partial charge in [0.1, 0.15) is 17.3 Å². The summed E-state index contributed by atoms with van der Waals surface area (Å²) in [7, 11) is 1.44. The average Bonchev–Trinajstić information content (AvgIpc) is 2.83. The minimum absolute atomic E-state index is 0.0903. The number of para-hydroxylation sites is 1. The summed E-state index contributed by atoms with van der Waals surface area (Å²) in [5, 5.41) is 0. The third-order valence-corrected chi connectivity index (χ3v) is 5.12. The highest BCUT2D eigenvalue weighted by atomic mass is 16.5. The maximum absolute atomic E-state index is 13.1. The first-order valence-corrected chi connectivity index (χ1v) is 10.2. The normalized spacial score (nSPS) is 10.6. The molecule has 3 N–H and O–H groups in total. The van der Waals surface area contributed by atoms with E-state index in [-0.39, 0.29) is 18.1 Å². The minimum atomic E-state index is -0.735. The summed E-state index contributed by atoms with van der Waals surface area (Å²) in [6.45, 7) is 0.156. The number of hydrogen-bond donors (Lipinski definition) is 2. The summed E-state index contributed by atoms with van der Waals surface area (Å²) >= 11 is 0. The number of nitrogen functional groups attached to an aromatic ring is 1. The standard InChI is InChI=1S/C25H22N4O4/c1-28(24(31)18-12-14-20(15-13-18)33-19-10-6-3-7-11-19)21-22(26)29(25(32)27-23(21)30)16-17-8-4-2-5-9-17/h2-15H,16,26H2,1H3,(H,27,30,32). The molecule has 0 aliphatic rings. The number of hydrogen-bond acceptors (Lipinski definition) is 5. The molecule has 0 radical (unpaired) electrons. The zero-order valence-electron chi connectivity index (χ0n) is 17.9. The van der Waals surface area contributed by atoms with E-state index < -0.39 is 17.2 Å². The SMILES string of the molecule is CN(C(=O)c1ccc(Oc2ccccc2)cc1)c1c(N)n(Cc2ccccc2)c(=O)[nH]c1=O. The van der Waals surface area contributed by atoms with Gasteiger partial charge >= 0.3 is 5.69 Å².